The van der Waals surface area contributed by atoms with Gasteiger partial charge in [0.1, 0.15) is 17.4 Å². The molecule has 4 N–H and O–H groups in total. The first-order chi connectivity index (χ1) is 7.29. The molecule has 0 saturated carbocycles. The van der Waals surface area contributed by atoms with E-state index >= 15 is 0 Å². The van der Waals surface area contributed by atoms with Crippen LogP contribution in [-0.2, 0) is 0 Å². The van der Waals surface area contributed by atoms with Gasteiger partial charge in [0.15, 0.2) is 0 Å². The number of hydrogen-bond acceptors (Lipinski definition) is 3. The van der Waals surface area contributed by atoms with Crippen LogP contribution >= 0.6 is 12.4 Å². The number of phenolic OH excluding ortho intramolecular Hbond substituents is 1. The zero-order valence-electron chi connectivity index (χ0n) is 9.58. The molecule has 0 unspecified atom stereocenters. The Morgan fingerprint density at radius 2 is 1.88 bits per heavy atom. The van der Waals surface area contributed by atoms with Crippen LogP contribution in [0.25, 0.3) is 0 Å². The number of nitrogens with two attached hydrogens (primary N) is 1. The van der Waals surface area contributed by atoms with Crippen molar-refractivity contribution in [3.8, 4) is 5.75 Å². The average molecular weight is 268 g/mol. The number of hydrogen-bond donors (Lipinski definition) is 3. The Balaban J connectivity index is 0.00000256. The Hall–Kier alpha value is -0.910. The molecule has 0 aromatic heterocycles. The number of rotatable bonds is 3. The van der Waals surface area contributed by atoms with Crippen LogP contribution in [0.5, 0.6) is 5.75 Å². The van der Waals surface area contributed by atoms with Gasteiger partial charge in [0, 0.05) is 35.8 Å². The number of benzene rings is 1. The van der Waals surface area contributed by atoms with Gasteiger partial charge in [-0.1, -0.05) is 13.8 Å². The Labute approximate surface area is 105 Å². The van der Waals surface area contributed by atoms with Gasteiger partial charge in [-0.05, 0) is 0 Å². The largest absolute Gasteiger partial charge is 0.507 e. The summed E-state index contributed by atoms with van der Waals surface area (Å²) in [4.78, 5) is 0. The van der Waals surface area contributed by atoms with Crippen molar-refractivity contribution < 1.29 is 19.0 Å². The van der Waals surface area contributed by atoms with E-state index in [2.05, 4.69) is 0 Å². The van der Waals surface area contributed by atoms with Crippen molar-refractivity contribution in [1.29, 1.82) is 0 Å². The smallest absolute Gasteiger partial charge is 0.134 e. The molecule has 98 valence electrons. The van der Waals surface area contributed by atoms with E-state index in [9.17, 15) is 13.9 Å². The quantitative estimate of drug-likeness (QED) is 0.786. The first-order valence-corrected chi connectivity index (χ1v) is 4.84. The highest BCUT2D eigenvalue weighted by molar-refractivity contribution is 5.85. The minimum atomic E-state index is -0.918. The molecule has 0 aliphatic heterocycles. The number of phenols is 1. The molecule has 0 amide bonds. The van der Waals surface area contributed by atoms with E-state index in [0.717, 1.165) is 6.07 Å². The molecule has 0 aliphatic rings. The molecule has 6 heteroatoms. The van der Waals surface area contributed by atoms with E-state index in [-0.39, 0.29) is 24.6 Å². The van der Waals surface area contributed by atoms with Crippen molar-refractivity contribution in [1.82, 2.24) is 0 Å². The van der Waals surface area contributed by atoms with Crippen molar-refractivity contribution in [3.05, 3.63) is 29.3 Å². The van der Waals surface area contributed by atoms with Gasteiger partial charge in [0.2, 0.25) is 0 Å². The van der Waals surface area contributed by atoms with Crippen molar-refractivity contribution in [2.75, 3.05) is 6.61 Å². The summed E-state index contributed by atoms with van der Waals surface area (Å²) in [7, 11) is 0. The summed E-state index contributed by atoms with van der Waals surface area (Å²) in [6.07, 6.45) is 0. The van der Waals surface area contributed by atoms with Crippen LogP contribution in [0.2, 0.25) is 0 Å². The van der Waals surface area contributed by atoms with Crippen molar-refractivity contribution in [2.24, 2.45) is 11.1 Å². The Morgan fingerprint density at radius 1 is 1.35 bits per heavy atom. The van der Waals surface area contributed by atoms with Crippen molar-refractivity contribution in [3.63, 3.8) is 0 Å². The number of aliphatic hydroxyl groups is 1. The van der Waals surface area contributed by atoms with E-state index in [1.165, 1.54) is 0 Å². The molecule has 0 aliphatic carbocycles. The SMILES string of the molecule is CC(C)(CO)[C@@H](N)c1c(O)cc(F)cc1F.Cl. The second kappa shape index (κ2) is 5.62. The topological polar surface area (TPSA) is 66.5 Å². The van der Waals surface area contributed by atoms with Gasteiger partial charge in [-0.3, -0.25) is 0 Å². The van der Waals surface area contributed by atoms with Crippen molar-refractivity contribution >= 4 is 12.4 Å². The summed E-state index contributed by atoms with van der Waals surface area (Å²) in [6.45, 7) is 2.98. The Morgan fingerprint density at radius 3 is 2.29 bits per heavy atom. The minimum Gasteiger partial charge on any atom is -0.507 e. The van der Waals surface area contributed by atoms with Gasteiger partial charge >= 0.3 is 0 Å². The number of aliphatic hydroxyl groups excluding tert-OH is 1. The summed E-state index contributed by atoms with van der Waals surface area (Å²) < 4.78 is 26.2. The highest BCUT2D eigenvalue weighted by Crippen LogP contribution is 2.37. The monoisotopic (exact) mass is 267 g/mol. The summed E-state index contributed by atoms with van der Waals surface area (Å²) in [5.41, 5.74) is 4.76. The Kier molecular flexibility index (Phi) is 5.32. The van der Waals surface area contributed by atoms with Gasteiger partial charge in [-0.2, -0.15) is 0 Å². The number of halogens is 3. The first-order valence-electron chi connectivity index (χ1n) is 4.84. The molecule has 0 heterocycles. The predicted molar refractivity (Wildman–Crippen MR) is 63.1 cm³/mol. The third-order valence-corrected chi connectivity index (χ3v) is 2.63. The van der Waals surface area contributed by atoms with Crippen LogP contribution in [-0.4, -0.2) is 16.8 Å². The van der Waals surface area contributed by atoms with Gasteiger partial charge in [0.05, 0.1) is 0 Å². The summed E-state index contributed by atoms with van der Waals surface area (Å²) in [5, 5.41) is 18.6. The van der Waals surface area contributed by atoms with E-state index in [1.54, 1.807) is 13.8 Å². The van der Waals surface area contributed by atoms with Crippen LogP contribution in [0.4, 0.5) is 8.78 Å². The maximum atomic E-state index is 13.5. The lowest BCUT2D eigenvalue weighted by molar-refractivity contribution is 0.129. The standard InChI is InChI=1S/C11H15F2NO2.ClH/c1-11(2,5-15)10(14)9-7(13)3-6(12)4-8(9)16;/h3-4,10,15-16H,5,14H2,1-2H3;1H/t10-;/m0./s1. The van der Waals surface area contributed by atoms with E-state index < -0.39 is 28.8 Å². The zero-order valence-corrected chi connectivity index (χ0v) is 10.4. The molecule has 0 spiro atoms. The molecule has 17 heavy (non-hydrogen) atoms. The molecule has 3 nitrogen and oxygen atoms in total. The highest BCUT2D eigenvalue weighted by Gasteiger charge is 2.31. The van der Waals surface area contributed by atoms with Gasteiger partial charge < -0.3 is 15.9 Å². The maximum absolute atomic E-state index is 13.5. The highest BCUT2D eigenvalue weighted by atomic mass is 35.5. The molecule has 1 aromatic rings. The molecule has 0 fully saturated rings. The van der Waals surface area contributed by atoms with Gasteiger partial charge in [0.25, 0.3) is 0 Å². The normalized spacial score (nSPS) is 13.1. The second-order valence-corrected chi connectivity index (χ2v) is 4.44. The molecule has 0 radical (unpaired) electrons. The fraction of sp³-hybridized carbons (Fsp3) is 0.455. The fourth-order valence-corrected chi connectivity index (χ4v) is 1.37. The van der Waals surface area contributed by atoms with Crippen LogP contribution in [0, 0.1) is 17.0 Å². The summed E-state index contributed by atoms with van der Waals surface area (Å²) in [6, 6.07) is 0.534. The third-order valence-electron chi connectivity index (χ3n) is 2.63. The molecule has 1 atom stereocenters. The molecule has 1 rings (SSSR count). The Bertz CT molecular complexity index is 376. The first kappa shape index (κ1) is 16.1. The number of aromatic hydroxyl groups is 1. The molecule has 0 bridgehead atoms. The molecule has 1 aromatic carbocycles. The second-order valence-electron chi connectivity index (χ2n) is 4.44. The molecular formula is C11H16ClF2NO2. The van der Waals surface area contributed by atoms with E-state index in [0.29, 0.717) is 6.07 Å². The minimum absolute atomic E-state index is 0. The zero-order chi connectivity index (χ0) is 12.5. The lowest BCUT2D eigenvalue weighted by atomic mass is 9.81. The van der Waals surface area contributed by atoms with Crippen LogP contribution < -0.4 is 5.73 Å². The summed E-state index contributed by atoms with van der Waals surface area (Å²) >= 11 is 0. The predicted octanol–water partition coefficient (Wildman–Crippen LogP) is 2.11. The van der Waals surface area contributed by atoms with Crippen LogP contribution in [0.15, 0.2) is 12.1 Å². The summed E-state index contributed by atoms with van der Waals surface area (Å²) in [5.74, 6) is -2.31. The lowest BCUT2D eigenvalue weighted by Gasteiger charge is -2.30. The molecule has 0 saturated heterocycles. The maximum Gasteiger partial charge on any atom is 0.134 e. The van der Waals surface area contributed by atoms with Gasteiger partial charge in [-0.15, -0.1) is 12.4 Å². The van der Waals surface area contributed by atoms with E-state index in [4.69, 9.17) is 10.8 Å². The average Bonchev–Trinajstić information content (AvgIpc) is 2.15. The van der Waals surface area contributed by atoms with E-state index in [1.807, 2.05) is 0 Å². The lowest BCUT2D eigenvalue weighted by Crippen LogP contribution is -2.33. The third kappa shape index (κ3) is 3.28. The molecular weight excluding hydrogens is 252 g/mol. The fourth-order valence-electron chi connectivity index (χ4n) is 1.37. The van der Waals surface area contributed by atoms with Gasteiger partial charge in [-0.25, -0.2) is 8.78 Å². The van der Waals surface area contributed by atoms with Crippen LogP contribution in [0.3, 0.4) is 0 Å². The van der Waals surface area contributed by atoms with Crippen LogP contribution in [0.1, 0.15) is 25.5 Å². The van der Waals surface area contributed by atoms with Crippen molar-refractivity contribution in [2.45, 2.75) is 19.9 Å².